The maximum absolute atomic E-state index is 13.0. The number of hydrogen-bond acceptors (Lipinski definition) is 4. The maximum atomic E-state index is 13.0. The summed E-state index contributed by atoms with van der Waals surface area (Å²) >= 11 is 0. The Balaban J connectivity index is 2.24. The summed E-state index contributed by atoms with van der Waals surface area (Å²) in [5, 5.41) is 20.3. The minimum Gasteiger partial charge on any atom is -0.481 e. The predicted octanol–water partition coefficient (Wildman–Crippen LogP) is 2.03. The summed E-state index contributed by atoms with van der Waals surface area (Å²) in [6.07, 6.45) is 0.894. The van der Waals surface area contributed by atoms with E-state index in [-0.39, 0.29) is 11.4 Å². The summed E-state index contributed by atoms with van der Waals surface area (Å²) < 4.78 is 18.3. The van der Waals surface area contributed by atoms with Crippen LogP contribution in [0, 0.1) is 15.9 Å². The normalized spacial score (nSPS) is 23.6. The zero-order chi connectivity index (χ0) is 12.4. The van der Waals surface area contributed by atoms with Gasteiger partial charge in [-0.1, -0.05) is 0 Å². The molecule has 0 radical (unpaired) electrons. The monoisotopic (exact) mass is 241 g/mol. The second kappa shape index (κ2) is 4.67. The van der Waals surface area contributed by atoms with Crippen molar-refractivity contribution in [2.45, 2.75) is 31.5 Å². The maximum Gasteiger partial charge on any atom is 0.311 e. The SMILES string of the molecule is O=[N+]([O-])c1ccc(F)cc1O[C@@H]1CCC[C@@H]1O. The number of aliphatic hydroxyl groups is 1. The fourth-order valence-corrected chi connectivity index (χ4v) is 1.94. The van der Waals surface area contributed by atoms with Gasteiger partial charge in [0.15, 0.2) is 5.75 Å². The summed E-state index contributed by atoms with van der Waals surface area (Å²) in [6, 6.07) is 3.05. The third-order valence-corrected chi connectivity index (χ3v) is 2.81. The van der Waals surface area contributed by atoms with Crippen LogP contribution >= 0.6 is 0 Å². The summed E-state index contributed by atoms with van der Waals surface area (Å²) in [7, 11) is 0. The number of hydrogen-bond donors (Lipinski definition) is 1. The lowest BCUT2D eigenvalue weighted by atomic mass is 10.2. The molecular formula is C11H12FNO4. The Hall–Kier alpha value is -1.69. The second-order valence-corrected chi connectivity index (χ2v) is 4.02. The van der Waals surface area contributed by atoms with Crippen LogP contribution in [0.2, 0.25) is 0 Å². The molecule has 1 aliphatic rings. The van der Waals surface area contributed by atoms with Crippen LogP contribution in [0.5, 0.6) is 5.75 Å². The zero-order valence-electron chi connectivity index (χ0n) is 9.01. The number of nitro benzene ring substituents is 1. The molecule has 0 saturated heterocycles. The molecular weight excluding hydrogens is 229 g/mol. The van der Waals surface area contributed by atoms with Crippen molar-refractivity contribution in [3.8, 4) is 5.75 Å². The Labute approximate surface area is 97.0 Å². The van der Waals surface area contributed by atoms with Crippen LogP contribution in [0.15, 0.2) is 18.2 Å². The van der Waals surface area contributed by atoms with E-state index >= 15 is 0 Å². The molecule has 92 valence electrons. The number of benzene rings is 1. The van der Waals surface area contributed by atoms with Gasteiger partial charge >= 0.3 is 5.69 Å². The highest BCUT2D eigenvalue weighted by Gasteiger charge is 2.29. The molecule has 0 unspecified atom stereocenters. The molecule has 0 spiro atoms. The molecule has 1 aliphatic carbocycles. The van der Waals surface area contributed by atoms with Gasteiger partial charge < -0.3 is 9.84 Å². The van der Waals surface area contributed by atoms with Crippen molar-refractivity contribution in [1.29, 1.82) is 0 Å². The van der Waals surface area contributed by atoms with Crippen LogP contribution in [0.1, 0.15) is 19.3 Å². The van der Waals surface area contributed by atoms with Gasteiger partial charge in [-0.3, -0.25) is 10.1 Å². The van der Waals surface area contributed by atoms with E-state index in [4.69, 9.17) is 4.74 Å². The summed E-state index contributed by atoms with van der Waals surface area (Å²) in [6.45, 7) is 0. The van der Waals surface area contributed by atoms with E-state index in [0.717, 1.165) is 24.6 Å². The van der Waals surface area contributed by atoms with Crippen molar-refractivity contribution in [2.24, 2.45) is 0 Å². The van der Waals surface area contributed by atoms with Crippen LogP contribution in [0.4, 0.5) is 10.1 Å². The molecule has 6 heteroatoms. The van der Waals surface area contributed by atoms with Crippen molar-refractivity contribution in [1.82, 2.24) is 0 Å². The van der Waals surface area contributed by atoms with Crippen molar-refractivity contribution in [3.63, 3.8) is 0 Å². The highest BCUT2D eigenvalue weighted by Crippen LogP contribution is 2.32. The smallest absolute Gasteiger partial charge is 0.311 e. The molecule has 1 fully saturated rings. The first-order chi connectivity index (χ1) is 8.08. The van der Waals surface area contributed by atoms with E-state index in [1.54, 1.807) is 0 Å². The Bertz CT molecular complexity index is 437. The molecule has 5 nitrogen and oxygen atoms in total. The molecule has 1 N–H and O–H groups in total. The zero-order valence-corrected chi connectivity index (χ0v) is 9.01. The Morgan fingerprint density at radius 1 is 1.47 bits per heavy atom. The van der Waals surface area contributed by atoms with Gasteiger partial charge in [0.1, 0.15) is 11.9 Å². The third kappa shape index (κ3) is 2.52. The van der Waals surface area contributed by atoms with Gasteiger partial charge in [-0.05, 0) is 25.3 Å². The van der Waals surface area contributed by atoms with Crippen molar-refractivity contribution >= 4 is 5.69 Å². The minimum atomic E-state index is -0.641. The highest BCUT2D eigenvalue weighted by molar-refractivity contribution is 5.46. The average molecular weight is 241 g/mol. The largest absolute Gasteiger partial charge is 0.481 e. The number of nitrogens with zero attached hydrogens (tertiary/aromatic N) is 1. The molecule has 1 aromatic carbocycles. The predicted molar refractivity (Wildman–Crippen MR) is 57.3 cm³/mol. The van der Waals surface area contributed by atoms with Crippen molar-refractivity contribution in [2.75, 3.05) is 0 Å². The minimum absolute atomic E-state index is 0.124. The first-order valence-corrected chi connectivity index (χ1v) is 5.36. The summed E-state index contributed by atoms with van der Waals surface area (Å²) in [4.78, 5) is 10.1. The molecule has 0 heterocycles. The van der Waals surface area contributed by atoms with E-state index in [9.17, 15) is 19.6 Å². The van der Waals surface area contributed by atoms with Gasteiger partial charge in [-0.25, -0.2) is 4.39 Å². The quantitative estimate of drug-likeness (QED) is 0.649. The van der Waals surface area contributed by atoms with E-state index < -0.39 is 22.9 Å². The van der Waals surface area contributed by atoms with Gasteiger partial charge in [-0.15, -0.1) is 0 Å². The topological polar surface area (TPSA) is 72.6 Å². The molecule has 0 aromatic heterocycles. The fraction of sp³-hybridized carbons (Fsp3) is 0.455. The molecule has 0 aliphatic heterocycles. The first kappa shape index (κ1) is 11.8. The molecule has 1 aromatic rings. The van der Waals surface area contributed by atoms with E-state index in [1.807, 2.05) is 0 Å². The summed E-state index contributed by atoms with van der Waals surface area (Å²) in [5.41, 5.74) is -0.287. The average Bonchev–Trinajstić information content (AvgIpc) is 2.64. The first-order valence-electron chi connectivity index (χ1n) is 5.36. The number of halogens is 1. The molecule has 0 amide bonds. The molecule has 17 heavy (non-hydrogen) atoms. The van der Waals surface area contributed by atoms with Crippen LogP contribution in [0.3, 0.4) is 0 Å². The van der Waals surface area contributed by atoms with Gasteiger partial charge in [-0.2, -0.15) is 0 Å². The van der Waals surface area contributed by atoms with Gasteiger partial charge in [0, 0.05) is 12.1 Å². The molecule has 1 saturated carbocycles. The standard InChI is InChI=1S/C11H12FNO4/c12-7-4-5-8(13(15)16)11(6-7)17-10-3-1-2-9(10)14/h4-6,9-10,14H,1-3H2/t9-,10+/m0/s1. The van der Waals surface area contributed by atoms with Gasteiger partial charge in [0.25, 0.3) is 0 Å². The lowest BCUT2D eigenvalue weighted by molar-refractivity contribution is -0.386. The fourth-order valence-electron chi connectivity index (χ4n) is 1.94. The van der Waals surface area contributed by atoms with E-state index in [2.05, 4.69) is 0 Å². The number of aliphatic hydroxyl groups excluding tert-OH is 1. The molecule has 2 rings (SSSR count). The van der Waals surface area contributed by atoms with Crippen LogP contribution < -0.4 is 4.74 Å². The number of nitro groups is 1. The number of ether oxygens (including phenoxy) is 1. The van der Waals surface area contributed by atoms with Gasteiger partial charge in [0.2, 0.25) is 0 Å². The molecule has 0 bridgehead atoms. The third-order valence-electron chi connectivity index (χ3n) is 2.81. The highest BCUT2D eigenvalue weighted by atomic mass is 19.1. The molecule has 2 atom stereocenters. The van der Waals surface area contributed by atoms with Crippen molar-refractivity contribution in [3.05, 3.63) is 34.1 Å². The lowest BCUT2D eigenvalue weighted by Crippen LogP contribution is -2.25. The van der Waals surface area contributed by atoms with Crippen LogP contribution in [-0.4, -0.2) is 22.2 Å². The van der Waals surface area contributed by atoms with E-state index in [0.29, 0.717) is 12.8 Å². The Morgan fingerprint density at radius 2 is 2.24 bits per heavy atom. The van der Waals surface area contributed by atoms with E-state index in [1.165, 1.54) is 0 Å². The summed E-state index contributed by atoms with van der Waals surface area (Å²) in [5.74, 6) is -0.723. The second-order valence-electron chi connectivity index (χ2n) is 4.02. The van der Waals surface area contributed by atoms with Crippen LogP contribution in [-0.2, 0) is 0 Å². The Kier molecular flexibility index (Phi) is 3.23. The Morgan fingerprint density at radius 3 is 2.82 bits per heavy atom. The van der Waals surface area contributed by atoms with Gasteiger partial charge in [0.05, 0.1) is 11.0 Å². The van der Waals surface area contributed by atoms with Crippen LogP contribution in [0.25, 0.3) is 0 Å². The lowest BCUT2D eigenvalue weighted by Gasteiger charge is -2.16. The van der Waals surface area contributed by atoms with Crippen molar-refractivity contribution < 1.29 is 19.2 Å². The number of rotatable bonds is 3.